The second-order valence-corrected chi connectivity index (χ2v) is 4.78. The predicted molar refractivity (Wildman–Crippen MR) is 76.5 cm³/mol. The van der Waals surface area contributed by atoms with Crippen LogP contribution in [0.15, 0.2) is 54.9 Å². The highest BCUT2D eigenvalue weighted by atomic mass is 16.2. The van der Waals surface area contributed by atoms with E-state index in [1.54, 1.807) is 17.3 Å². The van der Waals surface area contributed by atoms with Crippen molar-refractivity contribution in [2.75, 3.05) is 4.90 Å². The Morgan fingerprint density at radius 3 is 2.85 bits per heavy atom. The van der Waals surface area contributed by atoms with Crippen LogP contribution in [0.3, 0.4) is 0 Å². The van der Waals surface area contributed by atoms with E-state index >= 15 is 0 Å². The van der Waals surface area contributed by atoms with Gasteiger partial charge in [-0.2, -0.15) is 0 Å². The summed E-state index contributed by atoms with van der Waals surface area (Å²) in [6.07, 6.45) is 3.40. The number of rotatable bonds is 1. The molecule has 0 spiro atoms. The third-order valence-corrected chi connectivity index (χ3v) is 3.54. The third-order valence-electron chi connectivity index (χ3n) is 3.54. The zero-order chi connectivity index (χ0) is 13.5. The molecule has 1 aliphatic heterocycles. The molecule has 0 saturated heterocycles. The normalized spacial score (nSPS) is 13.8. The van der Waals surface area contributed by atoms with Gasteiger partial charge in [0.05, 0.1) is 35.2 Å². The summed E-state index contributed by atoms with van der Waals surface area (Å²) in [5.41, 5.74) is 3.25. The lowest BCUT2D eigenvalue weighted by Gasteiger charge is -2.14. The zero-order valence-corrected chi connectivity index (χ0v) is 10.7. The van der Waals surface area contributed by atoms with Gasteiger partial charge in [-0.15, -0.1) is 0 Å². The first-order valence-electron chi connectivity index (χ1n) is 6.43. The van der Waals surface area contributed by atoms with Crippen LogP contribution >= 0.6 is 0 Å². The maximum absolute atomic E-state index is 12.5. The Balaban J connectivity index is 1.84. The quantitative estimate of drug-likeness (QED) is 0.676. The van der Waals surface area contributed by atoms with Crippen molar-refractivity contribution in [1.82, 2.24) is 9.97 Å². The second kappa shape index (κ2) is 4.13. The Labute approximate surface area is 115 Å². The Bertz CT molecular complexity index is 814. The molecule has 0 atom stereocenters. The minimum absolute atomic E-state index is 0.00810. The second-order valence-electron chi connectivity index (χ2n) is 4.78. The minimum atomic E-state index is -0.00810. The van der Waals surface area contributed by atoms with E-state index in [9.17, 15) is 4.79 Å². The molecule has 4 nitrogen and oxygen atoms in total. The van der Waals surface area contributed by atoms with Crippen LogP contribution in [0.2, 0.25) is 0 Å². The number of carbonyl (C=O) groups excluding carboxylic acids is 1. The number of para-hydroxylation sites is 1. The molecule has 0 unspecified atom stereocenters. The van der Waals surface area contributed by atoms with Crippen molar-refractivity contribution in [1.29, 1.82) is 0 Å². The van der Waals surface area contributed by atoms with Crippen molar-refractivity contribution in [2.24, 2.45) is 0 Å². The topological polar surface area (TPSA) is 46.1 Å². The largest absolute Gasteiger partial charge is 0.301 e. The number of benzene rings is 1. The summed E-state index contributed by atoms with van der Waals surface area (Å²) < 4.78 is 0. The van der Waals surface area contributed by atoms with Crippen molar-refractivity contribution < 1.29 is 4.79 Å². The van der Waals surface area contributed by atoms with Crippen molar-refractivity contribution in [2.45, 2.75) is 6.54 Å². The zero-order valence-electron chi connectivity index (χ0n) is 10.7. The van der Waals surface area contributed by atoms with E-state index in [4.69, 9.17) is 0 Å². The summed E-state index contributed by atoms with van der Waals surface area (Å²) in [5, 5.41) is 0.993. The first kappa shape index (κ1) is 11.1. The highest BCUT2D eigenvalue weighted by Gasteiger charge is 2.30. The summed E-state index contributed by atoms with van der Waals surface area (Å²) in [4.78, 5) is 22.9. The fraction of sp³-hybridized carbons (Fsp3) is 0.0625. The van der Waals surface area contributed by atoms with E-state index in [0.29, 0.717) is 12.1 Å². The summed E-state index contributed by atoms with van der Waals surface area (Å²) in [6, 6.07) is 13.5. The van der Waals surface area contributed by atoms with Crippen LogP contribution in [-0.4, -0.2) is 15.9 Å². The Morgan fingerprint density at radius 2 is 2.00 bits per heavy atom. The number of hydrogen-bond donors (Lipinski definition) is 0. The molecule has 0 saturated carbocycles. The average Bonchev–Trinajstić information content (AvgIpc) is 2.83. The van der Waals surface area contributed by atoms with Crippen LogP contribution < -0.4 is 4.90 Å². The first-order chi connectivity index (χ1) is 9.83. The van der Waals surface area contributed by atoms with Crippen LogP contribution in [0.5, 0.6) is 0 Å². The van der Waals surface area contributed by atoms with Gasteiger partial charge in [-0.3, -0.25) is 14.8 Å². The summed E-state index contributed by atoms with van der Waals surface area (Å²) in [5.74, 6) is -0.00810. The molecule has 1 aliphatic rings. The third kappa shape index (κ3) is 1.58. The summed E-state index contributed by atoms with van der Waals surface area (Å²) in [6.45, 7) is 0.505. The molecule has 96 valence electrons. The molecule has 0 radical (unpaired) electrons. The highest BCUT2D eigenvalue weighted by molar-refractivity contribution is 6.11. The standard InChI is InChI=1S/C16H11N3O/c20-16-13-8-11-4-1-2-6-14(11)18-15(13)10-19(16)12-5-3-7-17-9-12/h1-9H,10H2. The number of pyridine rings is 2. The fourth-order valence-corrected chi connectivity index (χ4v) is 2.55. The number of carbonyl (C=O) groups is 1. The molecule has 4 rings (SSSR count). The van der Waals surface area contributed by atoms with Gasteiger partial charge in [0.2, 0.25) is 0 Å². The van der Waals surface area contributed by atoms with Crippen LogP contribution in [0.25, 0.3) is 10.9 Å². The van der Waals surface area contributed by atoms with Crippen LogP contribution in [0.4, 0.5) is 5.69 Å². The summed E-state index contributed by atoms with van der Waals surface area (Å²) >= 11 is 0. The molecule has 0 N–H and O–H groups in total. The average molecular weight is 261 g/mol. The SMILES string of the molecule is O=C1c2cc3ccccc3nc2CN1c1cccnc1. The Morgan fingerprint density at radius 1 is 1.10 bits per heavy atom. The minimum Gasteiger partial charge on any atom is -0.301 e. The Hall–Kier alpha value is -2.75. The smallest absolute Gasteiger partial charge is 0.260 e. The molecule has 3 aromatic rings. The van der Waals surface area contributed by atoms with E-state index in [-0.39, 0.29) is 5.91 Å². The number of anilines is 1. The molecular weight excluding hydrogens is 250 g/mol. The maximum atomic E-state index is 12.5. The van der Waals surface area contributed by atoms with Crippen LogP contribution in [0, 0.1) is 0 Å². The molecular formula is C16H11N3O. The number of hydrogen-bond acceptors (Lipinski definition) is 3. The van der Waals surface area contributed by atoms with Gasteiger partial charge in [-0.05, 0) is 24.3 Å². The lowest BCUT2D eigenvalue weighted by atomic mass is 10.1. The van der Waals surface area contributed by atoms with Crippen molar-refractivity contribution >= 4 is 22.5 Å². The maximum Gasteiger partial charge on any atom is 0.260 e. The number of nitrogens with zero attached hydrogens (tertiary/aromatic N) is 3. The molecule has 20 heavy (non-hydrogen) atoms. The van der Waals surface area contributed by atoms with Gasteiger partial charge in [0, 0.05) is 11.6 Å². The van der Waals surface area contributed by atoms with E-state index in [1.165, 1.54) is 0 Å². The Kier molecular flexibility index (Phi) is 2.29. The van der Waals surface area contributed by atoms with Gasteiger partial charge in [0.25, 0.3) is 5.91 Å². The van der Waals surface area contributed by atoms with Gasteiger partial charge in [0.15, 0.2) is 0 Å². The van der Waals surface area contributed by atoms with Gasteiger partial charge in [-0.25, -0.2) is 0 Å². The van der Waals surface area contributed by atoms with E-state index in [2.05, 4.69) is 9.97 Å². The molecule has 2 aromatic heterocycles. The van der Waals surface area contributed by atoms with Gasteiger partial charge < -0.3 is 4.90 Å². The molecule has 3 heterocycles. The van der Waals surface area contributed by atoms with Crippen molar-refractivity contribution in [3.63, 3.8) is 0 Å². The van der Waals surface area contributed by atoms with E-state index in [0.717, 1.165) is 22.3 Å². The van der Waals surface area contributed by atoms with E-state index in [1.807, 2.05) is 42.5 Å². The molecule has 0 aliphatic carbocycles. The number of aromatic nitrogens is 2. The van der Waals surface area contributed by atoms with Gasteiger partial charge >= 0.3 is 0 Å². The molecule has 1 amide bonds. The monoisotopic (exact) mass is 261 g/mol. The van der Waals surface area contributed by atoms with Crippen molar-refractivity contribution in [3.05, 3.63) is 66.1 Å². The van der Waals surface area contributed by atoms with Gasteiger partial charge in [0.1, 0.15) is 0 Å². The molecule has 4 heteroatoms. The molecule has 0 bridgehead atoms. The van der Waals surface area contributed by atoms with Gasteiger partial charge in [-0.1, -0.05) is 18.2 Å². The molecule has 1 aromatic carbocycles. The van der Waals surface area contributed by atoms with Crippen LogP contribution in [0.1, 0.15) is 16.1 Å². The number of amides is 1. The highest BCUT2D eigenvalue weighted by Crippen LogP contribution is 2.28. The van der Waals surface area contributed by atoms with Crippen molar-refractivity contribution in [3.8, 4) is 0 Å². The number of fused-ring (bicyclic) bond motifs is 2. The van der Waals surface area contributed by atoms with Crippen LogP contribution in [-0.2, 0) is 6.54 Å². The molecule has 0 fully saturated rings. The fourth-order valence-electron chi connectivity index (χ4n) is 2.55. The lowest BCUT2D eigenvalue weighted by molar-refractivity contribution is 0.0996. The summed E-state index contributed by atoms with van der Waals surface area (Å²) in [7, 11) is 0. The predicted octanol–water partition coefficient (Wildman–Crippen LogP) is 2.79. The first-order valence-corrected chi connectivity index (χ1v) is 6.43. The lowest BCUT2D eigenvalue weighted by Crippen LogP contribution is -2.22. The van der Waals surface area contributed by atoms with E-state index < -0.39 is 0 Å².